The molecule has 3 N–H and O–H groups in total. The van der Waals surface area contributed by atoms with Crippen LogP contribution in [0.15, 0.2) is 18.2 Å². The molecule has 0 spiro atoms. The maximum Gasteiger partial charge on any atom is 0.335 e. The molecule has 0 aliphatic heterocycles. The average Bonchev–Trinajstić information content (AvgIpc) is 2.36. The maximum atomic E-state index is 11.7. The van der Waals surface area contributed by atoms with Gasteiger partial charge in [-0.2, -0.15) is 11.8 Å². The molecule has 6 heteroatoms. The van der Waals surface area contributed by atoms with Crippen molar-refractivity contribution in [2.75, 3.05) is 23.9 Å². The van der Waals surface area contributed by atoms with Crippen LogP contribution in [0.4, 0.5) is 10.5 Å². The van der Waals surface area contributed by atoms with E-state index in [1.54, 1.807) is 30.8 Å². The third kappa shape index (κ3) is 5.13. The minimum atomic E-state index is -0.968. The minimum absolute atomic E-state index is 0.240. The first kappa shape index (κ1) is 16.4. The summed E-state index contributed by atoms with van der Waals surface area (Å²) in [5, 5.41) is 14.4. The number of amides is 2. The number of carbonyl (C=O) groups is 2. The van der Waals surface area contributed by atoms with Crippen LogP contribution in [0.3, 0.4) is 0 Å². The monoisotopic (exact) mass is 296 g/mol. The van der Waals surface area contributed by atoms with E-state index in [-0.39, 0.29) is 11.6 Å². The Morgan fingerprint density at radius 2 is 2.10 bits per heavy atom. The molecule has 0 saturated carbocycles. The zero-order valence-electron chi connectivity index (χ0n) is 11.9. The van der Waals surface area contributed by atoms with Crippen LogP contribution in [0, 0.1) is 12.8 Å². The van der Waals surface area contributed by atoms with E-state index in [2.05, 4.69) is 17.6 Å². The summed E-state index contributed by atoms with van der Waals surface area (Å²) in [5.74, 6) is 0.434. The third-order valence-electron chi connectivity index (χ3n) is 2.78. The highest BCUT2D eigenvalue weighted by Crippen LogP contribution is 2.15. The van der Waals surface area contributed by atoms with Gasteiger partial charge in [-0.15, -0.1) is 0 Å². The van der Waals surface area contributed by atoms with Crippen molar-refractivity contribution in [3.63, 3.8) is 0 Å². The van der Waals surface area contributed by atoms with Crippen LogP contribution >= 0.6 is 11.8 Å². The number of aryl methyl sites for hydroxylation is 1. The fraction of sp³-hybridized carbons (Fsp3) is 0.429. The Hall–Kier alpha value is -1.69. The van der Waals surface area contributed by atoms with Gasteiger partial charge in [-0.3, -0.25) is 0 Å². The van der Waals surface area contributed by atoms with Crippen LogP contribution in [0.25, 0.3) is 0 Å². The van der Waals surface area contributed by atoms with Gasteiger partial charge in [-0.05, 0) is 48.6 Å². The van der Waals surface area contributed by atoms with Crippen molar-refractivity contribution in [1.29, 1.82) is 0 Å². The van der Waals surface area contributed by atoms with Crippen molar-refractivity contribution in [2.45, 2.75) is 13.8 Å². The van der Waals surface area contributed by atoms with Crippen molar-refractivity contribution in [3.8, 4) is 0 Å². The Bertz CT molecular complexity index is 491. The van der Waals surface area contributed by atoms with Gasteiger partial charge in [0.15, 0.2) is 0 Å². The summed E-state index contributed by atoms with van der Waals surface area (Å²) in [5.41, 5.74) is 1.44. The van der Waals surface area contributed by atoms with Crippen molar-refractivity contribution < 1.29 is 14.7 Å². The Labute approximate surface area is 123 Å². The van der Waals surface area contributed by atoms with E-state index in [9.17, 15) is 9.59 Å². The van der Waals surface area contributed by atoms with Gasteiger partial charge in [-0.1, -0.05) is 6.92 Å². The predicted octanol–water partition coefficient (Wildman–Crippen LogP) is 2.81. The summed E-state index contributed by atoms with van der Waals surface area (Å²) in [6.07, 6.45) is 2.03. The molecule has 0 saturated heterocycles. The van der Waals surface area contributed by atoms with Crippen LogP contribution in [0.2, 0.25) is 0 Å². The van der Waals surface area contributed by atoms with Gasteiger partial charge in [0.2, 0.25) is 0 Å². The number of anilines is 1. The predicted molar refractivity (Wildman–Crippen MR) is 82.7 cm³/mol. The van der Waals surface area contributed by atoms with Gasteiger partial charge in [0.25, 0.3) is 0 Å². The maximum absolute atomic E-state index is 11.7. The summed E-state index contributed by atoms with van der Waals surface area (Å²) in [6.45, 7) is 4.38. The van der Waals surface area contributed by atoms with Gasteiger partial charge < -0.3 is 15.7 Å². The molecule has 0 bridgehead atoms. The number of carboxylic acid groups (broad SMARTS) is 1. The first-order chi connectivity index (χ1) is 9.43. The Balaban J connectivity index is 2.54. The van der Waals surface area contributed by atoms with E-state index < -0.39 is 5.97 Å². The van der Waals surface area contributed by atoms with E-state index in [4.69, 9.17) is 5.11 Å². The Kier molecular flexibility index (Phi) is 6.38. The molecule has 0 fully saturated rings. The van der Waals surface area contributed by atoms with Crippen LogP contribution in [0.1, 0.15) is 22.8 Å². The lowest BCUT2D eigenvalue weighted by Gasteiger charge is -2.12. The Morgan fingerprint density at radius 1 is 1.40 bits per heavy atom. The highest BCUT2D eigenvalue weighted by Gasteiger charge is 2.09. The summed E-state index contributed by atoms with van der Waals surface area (Å²) >= 11 is 1.74. The molecule has 2 amide bonds. The molecular formula is C14H20N2O3S. The van der Waals surface area contributed by atoms with Crippen LogP contribution in [-0.4, -0.2) is 35.7 Å². The van der Waals surface area contributed by atoms with Gasteiger partial charge in [0, 0.05) is 12.2 Å². The first-order valence-electron chi connectivity index (χ1n) is 6.31. The largest absolute Gasteiger partial charge is 0.478 e. The molecule has 1 unspecified atom stereocenters. The van der Waals surface area contributed by atoms with E-state index in [0.29, 0.717) is 23.7 Å². The van der Waals surface area contributed by atoms with E-state index >= 15 is 0 Å². The fourth-order valence-electron chi connectivity index (χ4n) is 1.77. The molecule has 1 aromatic rings. The number of thioether (sulfide) groups is 1. The standard InChI is InChI=1S/C14H20N2O3S/c1-9(8-20-3)7-15-14(19)16-11-4-5-12(13(17)18)10(2)6-11/h4-6,9H,7-8H2,1-3H3,(H,17,18)(H2,15,16,19). The molecule has 1 atom stereocenters. The second-order valence-corrected chi connectivity index (χ2v) is 5.64. The second-order valence-electron chi connectivity index (χ2n) is 4.73. The molecule has 1 rings (SSSR count). The summed E-state index contributed by atoms with van der Waals surface area (Å²) in [6, 6.07) is 4.44. The van der Waals surface area contributed by atoms with Gasteiger partial charge in [0.05, 0.1) is 5.56 Å². The number of urea groups is 1. The minimum Gasteiger partial charge on any atom is -0.478 e. The molecule has 0 aliphatic rings. The highest BCUT2D eigenvalue weighted by molar-refractivity contribution is 7.98. The van der Waals surface area contributed by atoms with Gasteiger partial charge in [-0.25, -0.2) is 9.59 Å². The molecule has 20 heavy (non-hydrogen) atoms. The quantitative estimate of drug-likeness (QED) is 0.754. The summed E-state index contributed by atoms with van der Waals surface area (Å²) in [4.78, 5) is 22.6. The number of aromatic carboxylic acids is 1. The van der Waals surface area contributed by atoms with Crippen LogP contribution < -0.4 is 10.6 Å². The molecule has 0 aromatic heterocycles. The lowest BCUT2D eigenvalue weighted by Crippen LogP contribution is -2.33. The van der Waals surface area contributed by atoms with Crippen molar-refractivity contribution >= 4 is 29.4 Å². The van der Waals surface area contributed by atoms with Crippen molar-refractivity contribution in [1.82, 2.24) is 5.32 Å². The first-order valence-corrected chi connectivity index (χ1v) is 7.71. The van der Waals surface area contributed by atoms with Crippen molar-refractivity contribution in [2.24, 2.45) is 5.92 Å². The SMILES string of the molecule is CSCC(C)CNC(=O)Nc1ccc(C(=O)O)c(C)c1. The lowest BCUT2D eigenvalue weighted by atomic mass is 10.1. The van der Waals surface area contributed by atoms with E-state index in [1.807, 2.05) is 6.26 Å². The molecule has 110 valence electrons. The summed E-state index contributed by atoms with van der Waals surface area (Å²) < 4.78 is 0. The number of rotatable bonds is 6. The number of hydrogen-bond acceptors (Lipinski definition) is 3. The van der Waals surface area contributed by atoms with Gasteiger partial charge >= 0.3 is 12.0 Å². The molecule has 1 aromatic carbocycles. The van der Waals surface area contributed by atoms with E-state index in [1.165, 1.54) is 6.07 Å². The second kappa shape index (κ2) is 7.79. The lowest BCUT2D eigenvalue weighted by molar-refractivity contribution is 0.0696. The third-order valence-corrected chi connectivity index (χ3v) is 3.68. The topological polar surface area (TPSA) is 78.4 Å². The van der Waals surface area contributed by atoms with E-state index in [0.717, 1.165) is 5.75 Å². The molecular weight excluding hydrogens is 276 g/mol. The molecule has 0 aliphatic carbocycles. The number of nitrogens with one attached hydrogen (secondary N) is 2. The zero-order chi connectivity index (χ0) is 15.1. The molecule has 0 radical (unpaired) electrons. The highest BCUT2D eigenvalue weighted by atomic mass is 32.2. The fourth-order valence-corrected chi connectivity index (χ4v) is 2.45. The number of hydrogen-bond donors (Lipinski definition) is 3. The Morgan fingerprint density at radius 3 is 2.65 bits per heavy atom. The molecule has 5 nitrogen and oxygen atoms in total. The normalized spacial score (nSPS) is 11.8. The number of benzene rings is 1. The van der Waals surface area contributed by atoms with Crippen molar-refractivity contribution in [3.05, 3.63) is 29.3 Å². The summed E-state index contributed by atoms with van der Waals surface area (Å²) in [7, 11) is 0. The van der Waals surface area contributed by atoms with Crippen LogP contribution in [-0.2, 0) is 0 Å². The number of carbonyl (C=O) groups excluding carboxylic acids is 1. The number of carboxylic acids is 1. The van der Waals surface area contributed by atoms with Gasteiger partial charge in [0.1, 0.15) is 0 Å². The van der Waals surface area contributed by atoms with Crippen LogP contribution in [0.5, 0.6) is 0 Å². The molecule has 0 heterocycles. The zero-order valence-corrected chi connectivity index (χ0v) is 12.7. The smallest absolute Gasteiger partial charge is 0.335 e. The average molecular weight is 296 g/mol.